The zero-order valence-electron chi connectivity index (χ0n) is 15.7. The van der Waals surface area contributed by atoms with Gasteiger partial charge in [0.05, 0.1) is 17.3 Å². The molecule has 148 valence electrons. The molecule has 4 rings (SSSR count). The van der Waals surface area contributed by atoms with E-state index in [1.54, 1.807) is 19.1 Å². The summed E-state index contributed by atoms with van der Waals surface area (Å²) in [5.74, 6) is 0.336. The molecule has 4 heterocycles. The van der Waals surface area contributed by atoms with Crippen LogP contribution in [-0.4, -0.2) is 38.7 Å². The van der Waals surface area contributed by atoms with Crippen LogP contribution in [0.1, 0.15) is 43.4 Å². The van der Waals surface area contributed by atoms with Crippen molar-refractivity contribution >= 4 is 16.9 Å². The lowest BCUT2D eigenvalue weighted by atomic mass is 10.1. The van der Waals surface area contributed by atoms with Crippen LogP contribution in [0, 0.1) is 6.92 Å². The van der Waals surface area contributed by atoms with Gasteiger partial charge in [0.15, 0.2) is 11.4 Å². The summed E-state index contributed by atoms with van der Waals surface area (Å²) in [5.41, 5.74) is 0.871. The number of alkyl halides is 2. The number of rotatable bonds is 4. The standard InChI is InChI=1S/C20H22F2N4O2/c1-13-18-14(19(21)22)11-15(16-7-6-10-28-16)23-20(18)26(24-13)12-17(27)25-8-4-2-3-5-9-25/h6-7,10-11,19H,2-5,8-9,12H2,1H3. The van der Waals surface area contributed by atoms with Gasteiger partial charge < -0.3 is 9.32 Å². The monoisotopic (exact) mass is 388 g/mol. The molecule has 0 aliphatic carbocycles. The molecule has 0 bridgehead atoms. The number of furan rings is 1. The molecule has 1 fully saturated rings. The van der Waals surface area contributed by atoms with Gasteiger partial charge in [-0.2, -0.15) is 5.10 Å². The average molecular weight is 388 g/mol. The van der Waals surface area contributed by atoms with Crippen molar-refractivity contribution in [2.45, 2.75) is 45.6 Å². The minimum atomic E-state index is -2.68. The fraction of sp³-hybridized carbons (Fsp3) is 0.450. The second-order valence-electron chi connectivity index (χ2n) is 7.11. The SMILES string of the molecule is Cc1nn(CC(=O)N2CCCCCC2)c2nc(-c3ccco3)cc(C(F)F)c12. The molecule has 1 amide bonds. The number of hydrogen-bond acceptors (Lipinski definition) is 4. The van der Waals surface area contributed by atoms with Gasteiger partial charge >= 0.3 is 0 Å². The molecule has 8 heteroatoms. The highest BCUT2D eigenvalue weighted by Crippen LogP contribution is 2.33. The van der Waals surface area contributed by atoms with Crippen LogP contribution in [0.25, 0.3) is 22.5 Å². The van der Waals surface area contributed by atoms with Crippen molar-refractivity contribution in [1.82, 2.24) is 19.7 Å². The van der Waals surface area contributed by atoms with Gasteiger partial charge in [-0.1, -0.05) is 12.8 Å². The summed E-state index contributed by atoms with van der Waals surface area (Å²) in [5, 5.41) is 4.66. The number of likely N-dealkylation sites (tertiary alicyclic amines) is 1. The van der Waals surface area contributed by atoms with E-state index in [9.17, 15) is 13.6 Å². The average Bonchev–Trinajstić information content (AvgIpc) is 3.21. The van der Waals surface area contributed by atoms with E-state index in [4.69, 9.17) is 4.42 Å². The molecule has 1 aliphatic rings. The predicted molar refractivity (Wildman–Crippen MR) is 100.0 cm³/mol. The Bertz CT molecular complexity index is 974. The van der Waals surface area contributed by atoms with Crippen LogP contribution in [-0.2, 0) is 11.3 Å². The Hall–Kier alpha value is -2.77. The first-order chi connectivity index (χ1) is 13.5. The lowest BCUT2D eigenvalue weighted by molar-refractivity contribution is -0.131. The third kappa shape index (κ3) is 3.50. The summed E-state index contributed by atoms with van der Waals surface area (Å²) in [6, 6.07) is 4.68. The van der Waals surface area contributed by atoms with Gasteiger partial charge in [-0.3, -0.25) is 4.79 Å². The van der Waals surface area contributed by atoms with Crippen LogP contribution in [0.5, 0.6) is 0 Å². The van der Waals surface area contributed by atoms with E-state index in [0.29, 0.717) is 22.5 Å². The molecule has 6 nitrogen and oxygen atoms in total. The molecule has 0 saturated carbocycles. The number of aromatic nitrogens is 3. The largest absolute Gasteiger partial charge is 0.463 e. The second kappa shape index (κ2) is 7.69. The zero-order chi connectivity index (χ0) is 19.7. The summed E-state index contributed by atoms with van der Waals surface area (Å²) in [7, 11) is 0. The minimum Gasteiger partial charge on any atom is -0.463 e. The third-order valence-electron chi connectivity index (χ3n) is 5.16. The predicted octanol–water partition coefficient (Wildman–Crippen LogP) is 4.34. The van der Waals surface area contributed by atoms with Gasteiger partial charge in [0.1, 0.15) is 12.2 Å². The summed E-state index contributed by atoms with van der Waals surface area (Å²) in [6.07, 6.45) is 3.01. The number of halogens is 2. The Morgan fingerprint density at radius 3 is 2.64 bits per heavy atom. The lowest BCUT2D eigenvalue weighted by Gasteiger charge is -2.20. The molecule has 3 aromatic heterocycles. The zero-order valence-corrected chi connectivity index (χ0v) is 15.7. The summed E-state index contributed by atoms with van der Waals surface area (Å²) < 4.78 is 34.2. The molecule has 0 unspecified atom stereocenters. The van der Waals surface area contributed by atoms with Gasteiger partial charge in [0.2, 0.25) is 5.91 Å². The number of aryl methyl sites for hydroxylation is 1. The fourth-order valence-electron chi connectivity index (χ4n) is 3.77. The van der Waals surface area contributed by atoms with Crippen LogP contribution >= 0.6 is 0 Å². The van der Waals surface area contributed by atoms with Crippen molar-refractivity contribution in [2.24, 2.45) is 0 Å². The van der Waals surface area contributed by atoms with Crippen molar-refractivity contribution < 1.29 is 18.0 Å². The normalized spacial score (nSPS) is 15.4. The van der Waals surface area contributed by atoms with E-state index in [2.05, 4.69) is 10.1 Å². The van der Waals surface area contributed by atoms with Crippen molar-refractivity contribution in [2.75, 3.05) is 13.1 Å². The van der Waals surface area contributed by atoms with Crippen molar-refractivity contribution in [3.63, 3.8) is 0 Å². The van der Waals surface area contributed by atoms with E-state index < -0.39 is 6.43 Å². The highest BCUT2D eigenvalue weighted by atomic mass is 19.3. The van der Waals surface area contributed by atoms with E-state index in [1.807, 2.05) is 4.90 Å². The minimum absolute atomic E-state index is 0.0123. The summed E-state index contributed by atoms with van der Waals surface area (Å²) in [4.78, 5) is 19.1. The topological polar surface area (TPSA) is 64.2 Å². The molecule has 0 N–H and O–H groups in total. The first kappa shape index (κ1) is 18.6. The van der Waals surface area contributed by atoms with Crippen LogP contribution in [0.15, 0.2) is 28.9 Å². The molecule has 3 aromatic rings. The van der Waals surface area contributed by atoms with Gasteiger partial charge in [-0.05, 0) is 38.0 Å². The van der Waals surface area contributed by atoms with Crippen LogP contribution in [0.4, 0.5) is 8.78 Å². The second-order valence-corrected chi connectivity index (χ2v) is 7.11. The fourth-order valence-corrected chi connectivity index (χ4v) is 3.77. The van der Waals surface area contributed by atoms with Gasteiger partial charge in [0.25, 0.3) is 6.43 Å². The highest BCUT2D eigenvalue weighted by molar-refractivity contribution is 5.86. The molecule has 0 aromatic carbocycles. The Kier molecular flexibility index (Phi) is 5.11. The van der Waals surface area contributed by atoms with Crippen LogP contribution < -0.4 is 0 Å². The van der Waals surface area contributed by atoms with Gasteiger partial charge in [-0.25, -0.2) is 18.4 Å². The summed E-state index contributed by atoms with van der Waals surface area (Å²) >= 11 is 0. The maximum Gasteiger partial charge on any atom is 0.264 e. The molecular formula is C20H22F2N4O2. The number of hydrogen-bond donors (Lipinski definition) is 0. The maximum atomic E-state index is 13.7. The van der Waals surface area contributed by atoms with Crippen molar-refractivity contribution in [3.8, 4) is 11.5 Å². The third-order valence-corrected chi connectivity index (χ3v) is 5.16. The van der Waals surface area contributed by atoms with E-state index in [-0.39, 0.29) is 23.7 Å². The Morgan fingerprint density at radius 1 is 1.25 bits per heavy atom. The van der Waals surface area contributed by atoms with E-state index in [0.717, 1.165) is 38.8 Å². The van der Waals surface area contributed by atoms with Crippen molar-refractivity contribution in [1.29, 1.82) is 0 Å². The van der Waals surface area contributed by atoms with Gasteiger partial charge in [0, 0.05) is 18.7 Å². The first-order valence-corrected chi connectivity index (χ1v) is 9.52. The number of fused-ring (bicyclic) bond motifs is 1. The number of nitrogens with zero attached hydrogens (tertiary/aromatic N) is 4. The highest BCUT2D eigenvalue weighted by Gasteiger charge is 2.24. The van der Waals surface area contributed by atoms with E-state index in [1.165, 1.54) is 17.0 Å². The maximum absolute atomic E-state index is 13.7. The quantitative estimate of drug-likeness (QED) is 0.667. The van der Waals surface area contributed by atoms with Crippen molar-refractivity contribution in [3.05, 3.63) is 35.7 Å². The molecule has 1 aliphatic heterocycles. The summed E-state index contributed by atoms with van der Waals surface area (Å²) in [6.45, 7) is 3.10. The van der Waals surface area contributed by atoms with E-state index >= 15 is 0 Å². The number of carbonyl (C=O) groups is 1. The Labute approximate surface area is 161 Å². The molecule has 1 saturated heterocycles. The molecule has 0 atom stereocenters. The molecule has 28 heavy (non-hydrogen) atoms. The first-order valence-electron chi connectivity index (χ1n) is 9.52. The van der Waals surface area contributed by atoms with Crippen LogP contribution in [0.3, 0.4) is 0 Å². The van der Waals surface area contributed by atoms with Gasteiger partial charge in [-0.15, -0.1) is 0 Å². The molecule has 0 spiro atoms. The smallest absolute Gasteiger partial charge is 0.264 e. The molecule has 0 radical (unpaired) electrons. The Morgan fingerprint density at radius 2 is 2.00 bits per heavy atom. The number of carbonyl (C=O) groups excluding carboxylic acids is 1. The molecular weight excluding hydrogens is 366 g/mol. The Balaban J connectivity index is 1.75. The lowest BCUT2D eigenvalue weighted by Crippen LogP contribution is -2.34. The van der Waals surface area contributed by atoms with Crippen LogP contribution in [0.2, 0.25) is 0 Å². The number of amides is 1. The number of pyridine rings is 1.